The lowest BCUT2D eigenvalue weighted by molar-refractivity contribution is -0.122. The molecule has 1 aromatic carbocycles. The Morgan fingerprint density at radius 2 is 2.08 bits per heavy atom. The fourth-order valence-corrected chi connectivity index (χ4v) is 3.60. The lowest BCUT2D eigenvalue weighted by Gasteiger charge is -2.20. The summed E-state index contributed by atoms with van der Waals surface area (Å²) in [6.07, 6.45) is 0.171. The van der Waals surface area contributed by atoms with Crippen molar-refractivity contribution >= 4 is 39.8 Å². The number of hydrogen-bond donors (Lipinski definition) is 1. The van der Waals surface area contributed by atoms with Crippen molar-refractivity contribution in [2.45, 2.75) is 27.2 Å². The van der Waals surface area contributed by atoms with Gasteiger partial charge in [0.1, 0.15) is 5.69 Å². The van der Waals surface area contributed by atoms with Crippen LogP contribution in [0.15, 0.2) is 23.6 Å². The predicted molar refractivity (Wildman–Crippen MR) is 97.1 cm³/mol. The van der Waals surface area contributed by atoms with Crippen molar-refractivity contribution in [3.8, 4) is 0 Å². The molecule has 130 valence electrons. The Kier molecular flexibility index (Phi) is 4.67. The summed E-state index contributed by atoms with van der Waals surface area (Å²) in [6, 6.07) is 5.82. The van der Waals surface area contributed by atoms with Gasteiger partial charge in [-0.25, -0.2) is 4.98 Å². The van der Waals surface area contributed by atoms with E-state index in [0.29, 0.717) is 17.4 Å². The summed E-state index contributed by atoms with van der Waals surface area (Å²) >= 11 is 1.20. The van der Waals surface area contributed by atoms with Gasteiger partial charge in [0.05, 0.1) is 5.92 Å². The fraction of sp³-hybridized carbons (Fsp3) is 0.333. The Labute approximate surface area is 149 Å². The van der Waals surface area contributed by atoms with E-state index in [1.165, 1.54) is 18.3 Å². The molecule has 0 aliphatic carbocycles. The van der Waals surface area contributed by atoms with Crippen LogP contribution < -0.4 is 10.2 Å². The molecule has 1 aromatic heterocycles. The van der Waals surface area contributed by atoms with E-state index < -0.39 is 5.92 Å². The van der Waals surface area contributed by atoms with Crippen LogP contribution in [0.4, 0.5) is 10.8 Å². The van der Waals surface area contributed by atoms with E-state index >= 15 is 0 Å². The molecule has 1 N–H and O–H groups in total. The SMILES string of the molecule is CC(=O)c1csc(NC(=O)C2CC(=O)N(c3cccc(C)c3C)C2)n1. The van der Waals surface area contributed by atoms with Gasteiger partial charge in [-0.3, -0.25) is 14.4 Å². The number of nitrogens with one attached hydrogen (secondary N) is 1. The molecule has 2 amide bonds. The minimum atomic E-state index is -0.433. The summed E-state index contributed by atoms with van der Waals surface area (Å²) in [5, 5.41) is 4.71. The maximum absolute atomic E-state index is 12.5. The van der Waals surface area contributed by atoms with Crippen LogP contribution in [-0.4, -0.2) is 29.1 Å². The van der Waals surface area contributed by atoms with Gasteiger partial charge in [-0.1, -0.05) is 12.1 Å². The smallest absolute Gasteiger partial charge is 0.231 e. The number of Topliss-reactive ketones (excluding diaryl/α,β-unsaturated/α-hetero) is 1. The van der Waals surface area contributed by atoms with Crippen LogP contribution in [0.25, 0.3) is 0 Å². The van der Waals surface area contributed by atoms with Gasteiger partial charge in [0.15, 0.2) is 10.9 Å². The summed E-state index contributed by atoms with van der Waals surface area (Å²) in [5.74, 6) is -0.881. The average molecular weight is 357 g/mol. The molecule has 0 saturated carbocycles. The standard InChI is InChI=1S/C18H19N3O3S/c1-10-5-4-6-15(11(10)2)21-8-13(7-16(21)23)17(24)20-18-19-14(9-25-18)12(3)22/h4-6,9,13H,7-8H2,1-3H3,(H,19,20,24). The summed E-state index contributed by atoms with van der Waals surface area (Å²) in [4.78, 5) is 41.9. The molecular formula is C18H19N3O3S. The largest absolute Gasteiger partial charge is 0.311 e. The van der Waals surface area contributed by atoms with Gasteiger partial charge in [-0.15, -0.1) is 11.3 Å². The van der Waals surface area contributed by atoms with Crippen LogP contribution in [0, 0.1) is 19.8 Å². The molecule has 1 saturated heterocycles. The second kappa shape index (κ2) is 6.76. The molecule has 1 unspecified atom stereocenters. The molecule has 1 fully saturated rings. The Hall–Kier alpha value is -2.54. The minimum absolute atomic E-state index is 0.0580. The van der Waals surface area contributed by atoms with E-state index in [4.69, 9.17) is 0 Å². The van der Waals surface area contributed by atoms with E-state index in [1.54, 1.807) is 10.3 Å². The molecule has 7 heteroatoms. The highest BCUT2D eigenvalue weighted by molar-refractivity contribution is 7.14. The average Bonchev–Trinajstić information content (AvgIpc) is 3.17. The first kappa shape index (κ1) is 17.3. The van der Waals surface area contributed by atoms with Crippen LogP contribution in [-0.2, 0) is 9.59 Å². The number of carbonyl (C=O) groups excluding carboxylic acids is 3. The number of nitrogens with zero attached hydrogens (tertiary/aromatic N) is 2. The molecule has 2 aromatic rings. The second-order valence-corrected chi connectivity index (χ2v) is 7.07. The number of rotatable bonds is 4. The first-order valence-corrected chi connectivity index (χ1v) is 8.88. The molecule has 0 radical (unpaired) electrons. The number of thiazole rings is 1. The van der Waals surface area contributed by atoms with Crippen molar-refractivity contribution in [3.63, 3.8) is 0 Å². The van der Waals surface area contributed by atoms with E-state index in [0.717, 1.165) is 16.8 Å². The van der Waals surface area contributed by atoms with Gasteiger partial charge in [-0.05, 0) is 31.0 Å². The first-order valence-electron chi connectivity index (χ1n) is 8.00. The zero-order chi connectivity index (χ0) is 18.1. The van der Waals surface area contributed by atoms with Crippen LogP contribution in [0.3, 0.4) is 0 Å². The molecule has 0 bridgehead atoms. The first-order chi connectivity index (χ1) is 11.9. The van der Waals surface area contributed by atoms with Gasteiger partial charge in [0.2, 0.25) is 11.8 Å². The second-order valence-electron chi connectivity index (χ2n) is 6.21. The number of hydrogen-bond acceptors (Lipinski definition) is 5. The van der Waals surface area contributed by atoms with Crippen LogP contribution in [0.1, 0.15) is 35.0 Å². The number of amides is 2. The molecule has 1 aliphatic heterocycles. The van der Waals surface area contributed by atoms with E-state index in [-0.39, 0.29) is 24.0 Å². The molecule has 1 aliphatic rings. The number of carbonyl (C=O) groups is 3. The van der Waals surface area contributed by atoms with Gasteiger partial charge in [-0.2, -0.15) is 0 Å². The third-order valence-electron chi connectivity index (χ3n) is 4.46. The van der Waals surface area contributed by atoms with E-state index in [1.807, 2.05) is 32.0 Å². The number of anilines is 2. The quantitative estimate of drug-likeness (QED) is 0.853. The third kappa shape index (κ3) is 3.46. The Balaban J connectivity index is 1.72. The summed E-state index contributed by atoms with van der Waals surface area (Å²) < 4.78 is 0. The Morgan fingerprint density at radius 3 is 2.76 bits per heavy atom. The van der Waals surface area contributed by atoms with Crippen molar-refractivity contribution in [1.29, 1.82) is 0 Å². The van der Waals surface area contributed by atoms with Crippen molar-refractivity contribution in [2.24, 2.45) is 5.92 Å². The summed E-state index contributed by atoms with van der Waals surface area (Å²) in [5.41, 5.74) is 3.34. The molecule has 25 heavy (non-hydrogen) atoms. The molecule has 0 spiro atoms. The van der Waals surface area contributed by atoms with Crippen molar-refractivity contribution in [2.75, 3.05) is 16.8 Å². The molecular weight excluding hydrogens is 338 g/mol. The number of aromatic nitrogens is 1. The monoisotopic (exact) mass is 357 g/mol. The number of ketones is 1. The van der Waals surface area contributed by atoms with Crippen LogP contribution in [0.5, 0.6) is 0 Å². The highest BCUT2D eigenvalue weighted by atomic mass is 32.1. The van der Waals surface area contributed by atoms with Crippen LogP contribution in [0.2, 0.25) is 0 Å². The number of benzene rings is 1. The maximum atomic E-state index is 12.5. The summed E-state index contributed by atoms with van der Waals surface area (Å²) in [7, 11) is 0. The lowest BCUT2D eigenvalue weighted by atomic mass is 10.1. The van der Waals surface area contributed by atoms with Gasteiger partial charge < -0.3 is 10.2 Å². The Morgan fingerprint density at radius 1 is 1.32 bits per heavy atom. The zero-order valence-electron chi connectivity index (χ0n) is 14.3. The topological polar surface area (TPSA) is 79.4 Å². The highest BCUT2D eigenvalue weighted by Crippen LogP contribution is 2.30. The Bertz CT molecular complexity index is 859. The van der Waals surface area contributed by atoms with Crippen molar-refractivity contribution in [1.82, 2.24) is 4.98 Å². The lowest BCUT2D eigenvalue weighted by Crippen LogP contribution is -2.28. The van der Waals surface area contributed by atoms with E-state index in [2.05, 4.69) is 10.3 Å². The zero-order valence-corrected chi connectivity index (χ0v) is 15.1. The van der Waals surface area contributed by atoms with Gasteiger partial charge >= 0.3 is 0 Å². The molecule has 3 rings (SSSR count). The maximum Gasteiger partial charge on any atom is 0.231 e. The highest BCUT2D eigenvalue weighted by Gasteiger charge is 2.36. The normalized spacial score (nSPS) is 17.0. The van der Waals surface area contributed by atoms with Crippen LogP contribution >= 0.6 is 11.3 Å². The third-order valence-corrected chi connectivity index (χ3v) is 5.22. The molecule has 6 nitrogen and oxygen atoms in total. The van der Waals surface area contributed by atoms with E-state index in [9.17, 15) is 14.4 Å². The van der Waals surface area contributed by atoms with Gasteiger partial charge in [0, 0.05) is 31.0 Å². The molecule has 1 atom stereocenters. The van der Waals surface area contributed by atoms with Gasteiger partial charge in [0.25, 0.3) is 0 Å². The number of aryl methyl sites for hydroxylation is 1. The fourth-order valence-electron chi connectivity index (χ4n) is 2.84. The predicted octanol–water partition coefficient (Wildman–Crippen LogP) is 2.95. The van der Waals surface area contributed by atoms with Crippen molar-refractivity contribution in [3.05, 3.63) is 40.4 Å². The van der Waals surface area contributed by atoms with Crippen molar-refractivity contribution < 1.29 is 14.4 Å². The summed E-state index contributed by atoms with van der Waals surface area (Å²) in [6.45, 7) is 5.75. The minimum Gasteiger partial charge on any atom is -0.311 e. The molecule has 2 heterocycles.